The number of nitrogens with one attached hydrogen (secondary N) is 2. The zero-order chi connectivity index (χ0) is 25.1. The van der Waals surface area contributed by atoms with Gasteiger partial charge in [0.15, 0.2) is 0 Å². The minimum absolute atomic E-state index is 0.158. The van der Waals surface area contributed by atoms with Crippen LogP contribution in [0.1, 0.15) is 34.5 Å². The number of carbonyl (C=O) groups excluding carboxylic acids is 1. The first-order valence-electron chi connectivity index (χ1n) is 11.5. The number of carbonyl (C=O) groups is 1. The Hall–Kier alpha value is -2.86. The number of anilines is 2. The van der Waals surface area contributed by atoms with Gasteiger partial charge in [0.05, 0.1) is 22.1 Å². The summed E-state index contributed by atoms with van der Waals surface area (Å²) in [5, 5.41) is 26.8. The highest BCUT2D eigenvalue weighted by Crippen LogP contribution is 2.37. The largest absolute Gasteiger partial charge is 0.485 e. The van der Waals surface area contributed by atoms with Crippen LogP contribution in [0, 0.1) is 12.7 Å². The molecule has 3 atom stereocenters. The molecule has 1 aliphatic carbocycles. The van der Waals surface area contributed by atoms with Gasteiger partial charge < -0.3 is 30.5 Å². The van der Waals surface area contributed by atoms with Crippen LogP contribution in [0.4, 0.5) is 15.9 Å². The summed E-state index contributed by atoms with van der Waals surface area (Å²) < 4.78 is 19.9. The smallest absolute Gasteiger partial charge is 0.261 e. The second kappa shape index (κ2) is 10.8. The fraction of sp³-hybridized carbons (Fsp3) is 0.458. The Balaban J connectivity index is 1.58. The molecule has 3 aromatic rings. The number of nitrogens with zero attached hydrogens (tertiary/aromatic N) is 3. The Morgan fingerprint density at radius 2 is 2.09 bits per heavy atom. The normalized spacial score (nSPS) is 19.9. The Bertz CT molecular complexity index is 1200. The molecule has 0 spiro atoms. The van der Waals surface area contributed by atoms with Crippen molar-refractivity contribution in [2.75, 3.05) is 32.5 Å². The fourth-order valence-corrected chi connectivity index (χ4v) is 5.17. The van der Waals surface area contributed by atoms with Crippen LogP contribution < -0.4 is 15.4 Å². The topological polar surface area (TPSA) is 120 Å². The first-order chi connectivity index (χ1) is 16.7. The molecule has 9 nitrogen and oxygen atoms in total. The monoisotopic (exact) mass is 503 g/mol. The van der Waals surface area contributed by atoms with Gasteiger partial charge in [0, 0.05) is 12.6 Å². The van der Waals surface area contributed by atoms with Gasteiger partial charge in [-0.1, -0.05) is 0 Å². The molecule has 4 rings (SSSR count). The molecular formula is C24H30FN5O4S. The van der Waals surface area contributed by atoms with Crippen LogP contribution in [0.3, 0.4) is 0 Å². The SMILES string of the molecule is Cc1c(C(=O)NCCCN(C)C)sc2ncnc(Nc3ccc(F)cc3OC3CCC(O)C3O)c12. The van der Waals surface area contributed by atoms with Crippen LogP contribution >= 0.6 is 11.3 Å². The summed E-state index contributed by atoms with van der Waals surface area (Å²) in [6.45, 7) is 3.30. The summed E-state index contributed by atoms with van der Waals surface area (Å²) in [6.07, 6.45) is 0.540. The number of amides is 1. The van der Waals surface area contributed by atoms with Crippen LogP contribution in [0.15, 0.2) is 24.5 Å². The van der Waals surface area contributed by atoms with Crippen LogP contribution in [0.2, 0.25) is 0 Å². The van der Waals surface area contributed by atoms with E-state index in [0.29, 0.717) is 46.0 Å². The summed E-state index contributed by atoms with van der Waals surface area (Å²) in [6, 6.07) is 4.04. The first-order valence-corrected chi connectivity index (χ1v) is 12.3. The minimum atomic E-state index is -1.05. The quantitative estimate of drug-likeness (QED) is 0.329. The molecule has 0 bridgehead atoms. The van der Waals surface area contributed by atoms with Crippen molar-refractivity contribution in [3.63, 3.8) is 0 Å². The highest BCUT2D eigenvalue weighted by Gasteiger charge is 2.35. The number of thiophene rings is 1. The molecule has 0 aliphatic heterocycles. The number of benzene rings is 1. The van der Waals surface area contributed by atoms with Crippen LogP contribution in [0.25, 0.3) is 10.2 Å². The van der Waals surface area contributed by atoms with Crippen molar-refractivity contribution in [2.45, 2.75) is 44.5 Å². The lowest BCUT2D eigenvalue weighted by molar-refractivity contribution is -0.00860. The van der Waals surface area contributed by atoms with Gasteiger partial charge in [0.25, 0.3) is 5.91 Å². The third-order valence-electron chi connectivity index (χ3n) is 6.00. The van der Waals surface area contributed by atoms with Gasteiger partial charge in [0.2, 0.25) is 0 Å². The van der Waals surface area contributed by atoms with Crippen molar-refractivity contribution in [1.29, 1.82) is 0 Å². The molecule has 11 heteroatoms. The van der Waals surface area contributed by atoms with E-state index in [0.717, 1.165) is 18.5 Å². The van der Waals surface area contributed by atoms with Gasteiger partial charge in [-0.3, -0.25) is 4.79 Å². The Kier molecular flexibility index (Phi) is 7.80. The number of hydrogen-bond acceptors (Lipinski definition) is 9. The number of aryl methyl sites for hydroxylation is 1. The van der Waals surface area contributed by atoms with E-state index < -0.39 is 24.1 Å². The van der Waals surface area contributed by atoms with Crippen LogP contribution in [-0.4, -0.2) is 76.5 Å². The van der Waals surface area contributed by atoms with E-state index in [1.54, 1.807) is 0 Å². The predicted octanol–water partition coefficient (Wildman–Crippen LogP) is 2.83. The predicted molar refractivity (Wildman–Crippen MR) is 133 cm³/mol. The highest BCUT2D eigenvalue weighted by atomic mass is 32.1. The van der Waals surface area contributed by atoms with Gasteiger partial charge in [-0.15, -0.1) is 11.3 Å². The molecule has 0 radical (unpaired) electrons. The summed E-state index contributed by atoms with van der Waals surface area (Å²) in [4.78, 5) is 24.8. The van der Waals surface area contributed by atoms with E-state index in [2.05, 4.69) is 25.5 Å². The lowest BCUT2D eigenvalue weighted by Crippen LogP contribution is -2.32. The van der Waals surface area contributed by atoms with Crippen molar-refractivity contribution in [2.24, 2.45) is 0 Å². The molecule has 1 saturated carbocycles. The molecule has 2 heterocycles. The fourth-order valence-electron chi connectivity index (χ4n) is 4.10. The lowest BCUT2D eigenvalue weighted by Gasteiger charge is -2.21. The van der Waals surface area contributed by atoms with Gasteiger partial charge in [-0.25, -0.2) is 14.4 Å². The number of aliphatic hydroxyl groups excluding tert-OH is 2. The van der Waals surface area contributed by atoms with E-state index in [-0.39, 0.29) is 11.7 Å². The van der Waals surface area contributed by atoms with Crippen molar-refractivity contribution in [3.05, 3.63) is 40.8 Å². The van der Waals surface area contributed by atoms with Gasteiger partial charge >= 0.3 is 0 Å². The molecule has 0 saturated heterocycles. The molecule has 3 unspecified atom stereocenters. The number of halogens is 1. The number of aromatic nitrogens is 2. The Labute approximate surface area is 207 Å². The number of ether oxygens (including phenoxy) is 1. The van der Waals surface area contributed by atoms with Crippen molar-refractivity contribution < 1.29 is 24.1 Å². The average Bonchev–Trinajstić information content (AvgIpc) is 3.33. The summed E-state index contributed by atoms with van der Waals surface area (Å²) in [7, 11) is 3.98. The third-order valence-corrected chi connectivity index (χ3v) is 7.20. The Morgan fingerprint density at radius 1 is 1.29 bits per heavy atom. The van der Waals surface area contributed by atoms with E-state index in [9.17, 15) is 19.4 Å². The van der Waals surface area contributed by atoms with Crippen LogP contribution in [0.5, 0.6) is 5.75 Å². The minimum Gasteiger partial charge on any atom is -0.485 e. The molecule has 1 aliphatic rings. The molecule has 1 aromatic carbocycles. The second-order valence-electron chi connectivity index (χ2n) is 8.93. The number of aliphatic hydroxyl groups is 2. The molecule has 1 amide bonds. The maximum Gasteiger partial charge on any atom is 0.261 e. The standard InChI is InChI=1S/C24H30FN5O4S/c1-13-19-22(27-12-28-24(19)35-21(13)23(33)26-9-4-10-30(2)3)29-15-6-5-14(25)11-18(15)34-17-8-7-16(31)20(17)32/h5-6,11-12,16-17,20,31-32H,4,7-10H2,1-3H3,(H,26,33)(H,27,28,29). The van der Waals surface area contributed by atoms with E-state index in [1.807, 2.05) is 21.0 Å². The van der Waals surface area contributed by atoms with Gasteiger partial charge in [0.1, 0.15) is 40.8 Å². The first kappa shape index (κ1) is 25.2. The van der Waals surface area contributed by atoms with Gasteiger partial charge in [-0.2, -0.15) is 0 Å². The van der Waals surface area contributed by atoms with Crippen molar-refractivity contribution in [1.82, 2.24) is 20.2 Å². The zero-order valence-electron chi connectivity index (χ0n) is 19.9. The molecule has 188 valence electrons. The summed E-state index contributed by atoms with van der Waals surface area (Å²) in [5.41, 5.74) is 1.19. The maximum absolute atomic E-state index is 14.0. The second-order valence-corrected chi connectivity index (χ2v) is 9.93. The van der Waals surface area contributed by atoms with Crippen molar-refractivity contribution in [3.8, 4) is 5.75 Å². The lowest BCUT2D eigenvalue weighted by atomic mass is 10.2. The average molecular weight is 504 g/mol. The van der Waals surface area contributed by atoms with Crippen LogP contribution in [-0.2, 0) is 0 Å². The molecule has 2 aromatic heterocycles. The molecule has 4 N–H and O–H groups in total. The number of rotatable bonds is 9. The van der Waals surface area contributed by atoms with E-state index in [1.165, 1.54) is 35.9 Å². The summed E-state index contributed by atoms with van der Waals surface area (Å²) in [5.74, 6) is 0.00155. The number of hydrogen-bond donors (Lipinski definition) is 4. The van der Waals surface area contributed by atoms with E-state index in [4.69, 9.17) is 4.74 Å². The highest BCUT2D eigenvalue weighted by molar-refractivity contribution is 7.20. The molecule has 35 heavy (non-hydrogen) atoms. The van der Waals surface area contributed by atoms with E-state index >= 15 is 0 Å². The zero-order valence-corrected chi connectivity index (χ0v) is 20.7. The van der Waals surface area contributed by atoms with Crippen molar-refractivity contribution >= 4 is 39.0 Å². The number of fused-ring (bicyclic) bond motifs is 1. The maximum atomic E-state index is 14.0. The molecular weight excluding hydrogens is 473 g/mol. The summed E-state index contributed by atoms with van der Waals surface area (Å²) >= 11 is 1.29. The van der Waals surface area contributed by atoms with Gasteiger partial charge in [-0.05, 0) is 64.5 Å². The molecule has 1 fully saturated rings. The Morgan fingerprint density at radius 3 is 2.80 bits per heavy atom. The third kappa shape index (κ3) is 5.69.